The molecule has 2 rings (SSSR count). The molecule has 1 heterocycles. The lowest BCUT2D eigenvalue weighted by atomic mass is 9.69. The lowest BCUT2D eigenvalue weighted by Crippen LogP contribution is -2.60. The second-order valence-electron chi connectivity index (χ2n) is 6.87. The van der Waals surface area contributed by atoms with Gasteiger partial charge in [-0.2, -0.15) is 0 Å². The molecule has 0 spiro atoms. The number of hydrogen-bond donors (Lipinski definition) is 1. The van der Waals surface area contributed by atoms with E-state index in [0.717, 1.165) is 32.7 Å². The summed E-state index contributed by atoms with van der Waals surface area (Å²) in [6.07, 6.45) is 7.19. The Morgan fingerprint density at radius 1 is 1.20 bits per heavy atom. The van der Waals surface area contributed by atoms with Gasteiger partial charge in [-0.1, -0.05) is 39.5 Å². The summed E-state index contributed by atoms with van der Waals surface area (Å²) in [7, 11) is 0. The second-order valence-corrected chi connectivity index (χ2v) is 6.87. The van der Waals surface area contributed by atoms with Gasteiger partial charge in [-0.05, 0) is 31.6 Å². The summed E-state index contributed by atoms with van der Waals surface area (Å²) in [5.74, 6) is 1.20. The molecule has 2 fully saturated rings. The molecule has 4 unspecified atom stereocenters. The maximum Gasteiger partial charge on any atom is 0.0751 e. The third kappa shape index (κ3) is 3.20. The van der Waals surface area contributed by atoms with Crippen molar-refractivity contribution in [2.24, 2.45) is 11.8 Å². The highest BCUT2D eigenvalue weighted by atomic mass is 16.5. The van der Waals surface area contributed by atoms with Crippen LogP contribution in [0.4, 0.5) is 0 Å². The van der Waals surface area contributed by atoms with Crippen LogP contribution in [0, 0.1) is 11.8 Å². The van der Waals surface area contributed by atoms with Crippen LogP contribution in [0.2, 0.25) is 0 Å². The molecule has 4 atom stereocenters. The summed E-state index contributed by atoms with van der Waals surface area (Å²) in [5, 5.41) is 11.2. The molecule has 0 amide bonds. The predicted octanol–water partition coefficient (Wildman–Crippen LogP) is 3.06. The van der Waals surface area contributed by atoms with Crippen molar-refractivity contribution < 1.29 is 9.84 Å². The highest BCUT2D eigenvalue weighted by molar-refractivity contribution is 4.98. The van der Waals surface area contributed by atoms with Gasteiger partial charge < -0.3 is 9.84 Å². The monoisotopic (exact) mass is 283 g/mol. The average molecular weight is 283 g/mol. The van der Waals surface area contributed by atoms with Gasteiger partial charge in [0.2, 0.25) is 0 Å². The van der Waals surface area contributed by atoms with Crippen molar-refractivity contribution in [3.8, 4) is 0 Å². The van der Waals surface area contributed by atoms with Crippen molar-refractivity contribution in [2.45, 2.75) is 70.9 Å². The Balaban J connectivity index is 2.11. The number of nitrogens with zero attached hydrogens (tertiary/aromatic N) is 1. The largest absolute Gasteiger partial charge is 0.391 e. The lowest BCUT2D eigenvalue weighted by Gasteiger charge is -2.50. The normalized spacial score (nSPS) is 33.6. The van der Waals surface area contributed by atoms with E-state index in [1.165, 1.54) is 32.1 Å². The minimum absolute atomic E-state index is 0.0841. The zero-order valence-corrected chi connectivity index (χ0v) is 13.6. The summed E-state index contributed by atoms with van der Waals surface area (Å²) in [6, 6.07) is 0. The van der Waals surface area contributed by atoms with Crippen molar-refractivity contribution in [1.82, 2.24) is 4.90 Å². The van der Waals surface area contributed by atoms with E-state index in [1.807, 2.05) is 0 Å². The van der Waals surface area contributed by atoms with Gasteiger partial charge in [-0.3, -0.25) is 4.90 Å². The molecule has 0 radical (unpaired) electrons. The summed E-state index contributed by atoms with van der Waals surface area (Å²) in [4.78, 5) is 2.47. The van der Waals surface area contributed by atoms with Crippen LogP contribution in [0.3, 0.4) is 0 Å². The molecule has 0 aromatic rings. The van der Waals surface area contributed by atoms with Crippen LogP contribution in [-0.4, -0.2) is 48.0 Å². The van der Waals surface area contributed by atoms with Gasteiger partial charge in [-0.15, -0.1) is 0 Å². The minimum Gasteiger partial charge on any atom is -0.391 e. The van der Waals surface area contributed by atoms with Crippen molar-refractivity contribution in [2.75, 3.05) is 26.3 Å². The first kappa shape index (κ1) is 16.3. The van der Waals surface area contributed by atoms with Gasteiger partial charge in [0, 0.05) is 18.6 Å². The van der Waals surface area contributed by atoms with E-state index in [0.29, 0.717) is 11.8 Å². The van der Waals surface area contributed by atoms with Crippen LogP contribution in [0.15, 0.2) is 0 Å². The van der Waals surface area contributed by atoms with Gasteiger partial charge >= 0.3 is 0 Å². The fraction of sp³-hybridized carbons (Fsp3) is 1.00. The minimum atomic E-state index is -0.198. The van der Waals surface area contributed by atoms with Gasteiger partial charge in [-0.25, -0.2) is 0 Å². The van der Waals surface area contributed by atoms with Gasteiger partial charge in [0.15, 0.2) is 0 Å². The van der Waals surface area contributed by atoms with E-state index >= 15 is 0 Å². The quantitative estimate of drug-likeness (QED) is 0.841. The molecule has 0 aromatic heterocycles. The number of ether oxygens (including phenoxy) is 1. The molecule has 1 saturated carbocycles. The molecular formula is C17H33NO2. The Labute approximate surface area is 124 Å². The van der Waals surface area contributed by atoms with E-state index in [4.69, 9.17) is 4.74 Å². The van der Waals surface area contributed by atoms with Crippen LogP contribution in [0.25, 0.3) is 0 Å². The summed E-state index contributed by atoms with van der Waals surface area (Å²) < 4.78 is 5.48. The molecule has 1 aliphatic carbocycles. The van der Waals surface area contributed by atoms with Crippen LogP contribution in [0.1, 0.15) is 59.3 Å². The second kappa shape index (κ2) is 7.24. The molecule has 3 heteroatoms. The molecule has 20 heavy (non-hydrogen) atoms. The highest BCUT2D eigenvalue weighted by Gasteiger charge is 2.44. The fourth-order valence-electron chi connectivity index (χ4n) is 4.31. The molecule has 2 aliphatic rings. The summed E-state index contributed by atoms with van der Waals surface area (Å²) in [6.45, 7) is 10.3. The van der Waals surface area contributed by atoms with E-state index < -0.39 is 0 Å². The molecule has 118 valence electrons. The molecule has 1 aliphatic heterocycles. The number of hydrogen-bond acceptors (Lipinski definition) is 3. The van der Waals surface area contributed by atoms with E-state index in [2.05, 4.69) is 25.7 Å². The number of morpholine rings is 1. The Kier molecular flexibility index (Phi) is 5.88. The number of aliphatic hydroxyl groups is 1. The Hall–Kier alpha value is -0.120. The summed E-state index contributed by atoms with van der Waals surface area (Å²) in [5.41, 5.74) is -0.0841. The van der Waals surface area contributed by atoms with Crippen molar-refractivity contribution in [3.63, 3.8) is 0 Å². The fourth-order valence-corrected chi connectivity index (χ4v) is 4.31. The molecule has 0 bridgehead atoms. The predicted molar refractivity (Wildman–Crippen MR) is 82.8 cm³/mol. The Morgan fingerprint density at radius 3 is 2.45 bits per heavy atom. The first-order valence-electron chi connectivity index (χ1n) is 8.64. The van der Waals surface area contributed by atoms with E-state index in [9.17, 15) is 5.11 Å². The van der Waals surface area contributed by atoms with E-state index in [1.54, 1.807) is 0 Å². The van der Waals surface area contributed by atoms with Crippen LogP contribution in [-0.2, 0) is 4.74 Å². The van der Waals surface area contributed by atoms with Crippen LogP contribution < -0.4 is 0 Å². The third-order valence-electron chi connectivity index (χ3n) is 5.98. The van der Waals surface area contributed by atoms with Crippen LogP contribution in [0.5, 0.6) is 0 Å². The van der Waals surface area contributed by atoms with Crippen molar-refractivity contribution >= 4 is 0 Å². The molecule has 1 N–H and O–H groups in total. The number of aliphatic hydroxyl groups excluding tert-OH is 1. The van der Waals surface area contributed by atoms with Crippen molar-refractivity contribution in [3.05, 3.63) is 0 Å². The summed E-state index contributed by atoms with van der Waals surface area (Å²) >= 11 is 0. The van der Waals surface area contributed by atoms with Gasteiger partial charge in [0.05, 0.1) is 19.3 Å². The first-order chi connectivity index (χ1) is 9.63. The Bertz CT molecular complexity index is 291. The Morgan fingerprint density at radius 2 is 1.85 bits per heavy atom. The molecule has 0 aromatic carbocycles. The number of rotatable bonds is 5. The van der Waals surface area contributed by atoms with Crippen molar-refractivity contribution in [1.29, 1.82) is 0 Å². The SMILES string of the molecule is CCC1CCCCC1C(O)C(C)(CC)N1CCOCC1. The maximum atomic E-state index is 11.2. The third-order valence-corrected chi connectivity index (χ3v) is 5.98. The van der Waals surface area contributed by atoms with Gasteiger partial charge in [0.25, 0.3) is 0 Å². The first-order valence-corrected chi connectivity index (χ1v) is 8.64. The van der Waals surface area contributed by atoms with Gasteiger partial charge in [0.1, 0.15) is 0 Å². The highest BCUT2D eigenvalue weighted by Crippen LogP contribution is 2.40. The smallest absolute Gasteiger partial charge is 0.0751 e. The zero-order chi connectivity index (χ0) is 14.6. The molecule has 1 saturated heterocycles. The molecule has 3 nitrogen and oxygen atoms in total. The maximum absolute atomic E-state index is 11.2. The zero-order valence-electron chi connectivity index (χ0n) is 13.6. The standard InChI is InChI=1S/C17H33NO2/c1-4-14-8-6-7-9-15(14)16(19)17(3,5-2)18-10-12-20-13-11-18/h14-16,19H,4-13H2,1-3H3. The van der Waals surface area contributed by atoms with Crippen LogP contribution >= 0.6 is 0 Å². The average Bonchev–Trinajstić information content (AvgIpc) is 2.54. The lowest BCUT2D eigenvalue weighted by molar-refractivity contribution is -0.104. The topological polar surface area (TPSA) is 32.7 Å². The van der Waals surface area contributed by atoms with E-state index in [-0.39, 0.29) is 11.6 Å². The molecular weight excluding hydrogens is 250 g/mol.